The largest absolute Gasteiger partial charge is 0.347 e. The summed E-state index contributed by atoms with van der Waals surface area (Å²) in [7, 11) is 0. The number of rotatable bonds is 2. The molecule has 0 unspecified atom stereocenters. The Morgan fingerprint density at radius 1 is 1.46 bits per heavy atom. The molecule has 0 N–H and O–H groups in total. The van der Waals surface area contributed by atoms with Crippen LogP contribution in [0.4, 0.5) is 0 Å². The lowest BCUT2D eigenvalue weighted by molar-refractivity contribution is -0.133. The fourth-order valence-electron chi connectivity index (χ4n) is 1.06. The highest BCUT2D eigenvalue weighted by atomic mass is 35.5. The van der Waals surface area contributed by atoms with Crippen LogP contribution in [0.5, 0.6) is 0 Å². The summed E-state index contributed by atoms with van der Waals surface area (Å²) < 4.78 is 11.1. The third-order valence-corrected chi connectivity index (χ3v) is 1.83. The van der Waals surface area contributed by atoms with Gasteiger partial charge in [-0.15, -0.1) is 0 Å². The predicted octanol–water partition coefficient (Wildman–Crippen LogP) is 3.01. The average Bonchev–Trinajstić information content (AvgIpc) is 2.29. The van der Waals surface area contributed by atoms with Crippen LogP contribution < -0.4 is 0 Å². The van der Waals surface area contributed by atoms with Crippen molar-refractivity contribution in [2.24, 2.45) is 0 Å². The van der Waals surface area contributed by atoms with Crippen LogP contribution in [0.1, 0.15) is 13.8 Å². The number of halogens is 2. The molecule has 0 saturated carbocycles. The molecule has 1 atom stereocenters. The second kappa shape index (κ2) is 4.47. The highest BCUT2D eigenvalue weighted by molar-refractivity contribution is 6.55. The van der Waals surface area contributed by atoms with E-state index >= 15 is 0 Å². The molecule has 0 aliphatic carbocycles. The Kier molecular flexibility index (Phi) is 3.80. The van der Waals surface area contributed by atoms with Crippen molar-refractivity contribution in [2.45, 2.75) is 25.7 Å². The van der Waals surface area contributed by atoms with E-state index in [1.807, 2.05) is 19.9 Å². The highest BCUT2D eigenvalue weighted by Gasteiger charge is 2.30. The molecule has 0 spiro atoms. The minimum absolute atomic E-state index is 0.0149. The van der Waals surface area contributed by atoms with Gasteiger partial charge in [-0.05, 0) is 19.9 Å². The van der Waals surface area contributed by atoms with Crippen molar-refractivity contribution in [3.63, 3.8) is 0 Å². The first-order valence-corrected chi connectivity index (χ1v) is 4.76. The van der Waals surface area contributed by atoms with Gasteiger partial charge < -0.3 is 9.47 Å². The quantitative estimate of drug-likeness (QED) is 0.670. The molecule has 0 bridgehead atoms. The van der Waals surface area contributed by atoms with E-state index in [9.17, 15) is 0 Å². The van der Waals surface area contributed by atoms with Gasteiger partial charge in [-0.25, -0.2) is 0 Å². The number of ether oxygens (including phenoxy) is 2. The Bertz CT molecular complexity index is 230. The molecule has 74 valence electrons. The molecule has 0 amide bonds. The van der Waals surface area contributed by atoms with E-state index in [1.165, 1.54) is 0 Å². The third-order valence-electron chi connectivity index (χ3n) is 1.58. The molecule has 1 aliphatic rings. The Labute approximate surface area is 88.1 Å². The van der Waals surface area contributed by atoms with Gasteiger partial charge in [0, 0.05) is 0 Å². The molecule has 1 rings (SSSR count). The van der Waals surface area contributed by atoms with Crippen LogP contribution >= 0.6 is 23.2 Å². The van der Waals surface area contributed by atoms with Gasteiger partial charge >= 0.3 is 0 Å². The molecule has 1 fully saturated rings. The van der Waals surface area contributed by atoms with Crippen molar-refractivity contribution in [1.29, 1.82) is 0 Å². The van der Waals surface area contributed by atoms with Crippen molar-refractivity contribution in [3.8, 4) is 0 Å². The van der Waals surface area contributed by atoms with Gasteiger partial charge in [0.1, 0.15) is 10.6 Å². The molecule has 1 saturated heterocycles. The normalized spacial score (nSPS) is 26.6. The Hall–Kier alpha value is -0.0200. The van der Waals surface area contributed by atoms with Gasteiger partial charge in [-0.3, -0.25) is 0 Å². The summed E-state index contributed by atoms with van der Waals surface area (Å²) in [5, 5.41) is 0. The van der Waals surface area contributed by atoms with Crippen molar-refractivity contribution in [2.75, 3.05) is 6.61 Å². The number of hydrogen-bond acceptors (Lipinski definition) is 2. The highest BCUT2D eigenvalue weighted by Crippen LogP contribution is 2.22. The van der Waals surface area contributed by atoms with Crippen LogP contribution in [0.25, 0.3) is 0 Å². The lowest BCUT2D eigenvalue weighted by Crippen LogP contribution is -2.20. The van der Waals surface area contributed by atoms with Crippen molar-refractivity contribution < 1.29 is 9.47 Å². The van der Waals surface area contributed by atoms with Gasteiger partial charge in [-0.2, -0.15) is 0 Å². The van der Waals surface area contributed by atoms with Crippen molar-refractivity contribution >= 4 is 23.2 Å². The monoisotopic (exact) mass is 222 g/mol. The standard InChI is InChI=1S/C9H12Cl2O2/c1-9(2)12-6-7(13-9)4-3-5-8(10)11/h3-5,7H,6H2,1-2H3/b4-3-/t7-/m0/s1. The third kappa shape index (κ3) is 4.14. The van der Waals surface area contributed by atoms with Gasteiger partial charge in [0.15, 0.2) is 5.79 Å². The average molecular weight is 223 g/mol. The second-order valence-electron chi connectivity index (χ2n) is 3.21. The predicted molar refractivity (Wildman–Crippen MR) is 53.8 cm³/mol. The van der Waals surface area contributed by atoms with E-state index in [0.29, 0.717) is 6.61 Å². The smallest absolute Gasteiger partial charge is 0.163 e. The second-order valence-corrected chi connectivity index (χ2v) is 4.22. The molecule has 2 nitrogen and oxygen atoms in total. The van der Waals surface area contributed by atoms with Crippen LogP contribution in [0.2, 0.25) is 0 Å². The fourth-order valence-corrected chi connectivity index (χ4v) is 1.21. The fraction of sp³-hybridized carbons (Fsp3) is 0.556. The van der Waals surface area contributed by atoms with E-state index in [-0.39, 0.29) is 10.6 Å². The zero-order valence-corrected chi connectivity index (χ0v) is 9.10. The maximum Gasteiger partial charge on any atom is 0.163 e. The number of hydrogen-bond donors (Lipinski definition) is 0. The van der Waals surface area contributed by atoms with E-state index in [4.69, 9.17) is 32.7 Å². The van der Waals surface area contributed by atoms with Gasteiger partial charge in [0.05, 0.1) is 6.61 Å². The molecule has 1 aliphatic heterocycles. The van der Waals surface area contributed by atoms with Crippen molar-refractivity contribution in [3.05, 3.63) is 22.7 Å². The van der Waals surface area contributed by atoms with E-state index < -0.39 is 5.79 Å². The number of allylic oxidation sites excluding steroid dienone is 2. The molecular formula is C9H12Cl2O2. The van der Waals surface area contributed by atoms with Gasteiger partial charge in [-0.1, -0.05) is 35.4 Å². The summed E-state index contributed by atoms with van der Waals surface area (Å²) in [5.74, 6) is -0.483. The summed E-state index contributed by atoms with van der Waals surface area (Å²) in [6.07, 6.45) is 5.20. The van der Waals surface area contributed by atoms with E-state index in [2.05, 4.69) is 0 Å². The zero-order valence-electron chi connectivity index (χ0n) is 7.59. The Morgan fingerprint density at radius 3 is 2.62 bits per heavy atom. The maximum absolute atomic E-state index is 5.51. The molecule has 0 aromatic heterocycles. The first-order chi connectivity index (χ1) is 5.99. The van der Waals surface area contributed by atoms with Crippen LogP contribution in [-0.4, -0.2) is 18.5 Å². The summed E-state index contributed by atoms with van der Waals surface area (Å²) in [6.45, 7) is 4.33. The van der Waals surface area contributed by atoms with Crippen LogP contribution in [0.15, 0.2) is 22.7 Å². The summed E-state index contributed by atoms with van der Waals surface area (Å²) in [4.78, 5) is 0. The zero-order chi connectivity index (χ0) is 9.90. The molecule has 0 aromatic carbocycles. The van der Waals surface area contributed by atoms with Crippen LogP contribution in [-0.2, 0) is 9.47 Å². The summed E-state index contributed by atoms with van der Waals surface area (Å²) in [5.41, 5.74) is 0. The van der Waals surface area contributed by atoms with Crippen molar-refractivity contribution in [1.82, 2.24) is 0 Å². The summed E-state index contributed by atoms with van der Waals surface area (Å²) >= 11 is 10.8. The summed E-state index contributed by atoms with van der Waals surface area (Å²) in [6, 6.07) is 0. The minimum atomic E-state index is -0.483. The molecular weight excluding hydrogens is 211 g/mol. The Morgan fingerprint density at radius 2 is 2.15 bits per heavy atom. The maximum atomic E-state index is 5.51. The van der Waals surface area contributed by atoms with Gasteiger partial charge in [0.2, 0.25) is 0 Å². The molecule has 4 heteroatoms. The SMILES string of the molecule is CC1(C)OC[C@H](/C=C\C=C(Cl)Cl)O1. The Balaban J connectivity index is 2.41. The van der Waals surface area contributed by atoms with Crippen LogP contribution in [0, 0.1) is 0 Å². The van der Waals surface area contributed by atoms with E-state index in [1.54, 1.807) is 12.2 Å². The topological polar surface area (TPSA) is 18.5 Å². The lowest BCUT2D eigenvalue weighted by Gasteiger charge is -2.15. The lowest BCUT2D eigenvalue weighted by atomic mass is 10.3. The minimum Gasteiger partial charge on any atom is -0.347 e. The molecule has 13 heavy (non-hydrogen) atoms. The van der Waals surface area contributed by atoms with Gasteiger partial charge in [0.25, 0.3) is 0 Å². The molecule has 0 radical (unpaired) electrons. The first kappa shape index (κ1) is 11.1. The van der Waals surface area contributed by atoms with E-state index in [0.717, 1.165) is 0 Å². The molecule has 1 heterocycles. The molecule has 0 aromatic rings. The van der Waals surface area contributed by atoms with Crippen LogP contribution in [0.3, 0.4) is 0 Å². The first-order valence-electron chi connectivity index (χ1n) is 4.01.